The van der Waals surface area contributed by atoms with Crippen molar-refractivity contribution in [2.75, 3.05) is 0 Å². The zero-order valence-corrected chi connectivity index (χ0v) is 15.6. The number of hydrogen-bond acceptors (Lipinski definition) is 6. The monoisotopic (exact) mass is 425 g/mol. The molecule has 1 amide bonds. The molecule has 1 unspecified atom stereocenters. The SMILES string of the molecule is CC(NC(=O)c1cccnc1S(=O)(=O)C(F)(F)F)c1ccc(-n2cncn2)cc1. The van der Waals surface area contributed by atoms with Crippen molar-refractivity contribution in [3.05, 3.63) is 66.4 Å². The smallest absolute Gasteiger partial charge is 0.345 e. The van der Waals surface area contributed by atoms with Gasteiger partial charge < -0.3 is 5.32 Å². The van der Waals surface area contributed by atoms with Crippen LogP contribution in [0.25, 0.3) is 5.69 Å². The van der Waals surface area contributed by atoms with Crippen LogP contribution < -0.4 is 5.32 Å². The van der Waals surface area contributed by atoms with Gasteiger partial charge in [-0.3, -0.25) is 4.79 Å². The molecule has 2 aromatic heterocycles. The van der Waals surface area contributed by atoms with Crippen molar-refractivity contribution in [1.82, 2.24) is 25.1 Å². The van der Waals surface area contributed by atoms with Gasteiger partial charge in [0.25, 0.3) is 15.7 Å². The number of carbonyl (C=O) groups is 1. The predicted molar refractivity (Wildman–Crippen MR) is 94.7 cm³/mol. The molecule has 152 valence electrons. The Labute approximate surface area is 163 Å². The molecule has 1 atom stereocenters. The highest BCUT2D eigenvalue weighted by Crippen LogP contribution is 2.31. The van der Waals surface area contributed by atoms with Gasteiger partial charge in [0.1, 0.15) is 12.7 Å². The van der Waals surface area contributed by atoms with Gasteiger partial charge in [0.05, 0.1) is 17.3 Å². The minimum absolute atomic E-state index is 0.617. The van der Waals surface area contributed by atoms with E-state index in [1.165, 1.54) is 23.4 Å². The largest absolute Gasteiger partial charge is 0.503 e. The van der Waals surface area contributed by atoms with Gasteiger partial charge in [-0.05, 0) is 36.8 Å². The van der Waals surface area contributed by atoms with Crippen LogP contribution in [-0.4, -0.2) is 39.6 Å². The fourth-order valence-electron chi connectivity index (χ4n) is 2.50. The summed E-state index contributed by atoms with van der Waals surface area (Å²) in [6.07, 6.45) is 3.75. The van der Waals surface area contributed by atoms with Crippen LogP contribution in [0.3, 0.4) is 0 Å². The number of rotatable bonds is 5. The molecule has 3 rings (SSSR count). The fourth-order valence-corrected chi connectivity index (χ4v) is 3.37. The summed E-state index contributed by atoms with van der Waals surface area (Å²) in [5, 5.41) is 5.13. The number of nitrogens with zero attached hydrogens (tertiary/aromatic N) is 4. The summed E-state index contributed by atoms with van der Waals surface area (Å²) in [7, 11) is -5.77. The van der Waals surface area contributed by atoms with Crippen LogP contribution in [0.4, 0.5) is 13.2 Å². The van der Waals surface area contributed by atoms with E-state index in [2.05, 4.69) is 20.4 Å². The van der Waals surface area contributed by atoms with E-state index in [0.717, 1.165) is 18.0 Å². The lowest BCUT2D eigenvalue weighted by atomic mass is 10.1. The van der Waals surface area contributed by atoms with E-state index >= 15 is 0 Å². The first-order valence-corrected chi connectivity index (χ1v) is 9.62. The summed E-state index contributed by atoms with van der Waals surface area (Å²) >= 11 is 0. The maximum absolute atomic E-state index is 12.9. The lowest BCUT2D eigenvalue weighted by Gasteiger charge is -2.16. The molecule has 0 radical (unpaired) electrons. The Hall–Kier alpha value is -3.28. The quantitative estimate of drug-likeness (QED) is 0.673. The maximum atomic E-state index is 12.9. The second-order valence-electron chi connectivity index (χ2n) is 5.93. The molecule has 0 aliphatic heterocycles. The molecule has 0 saturated heterocycles. The second-order valence-corrected chi connectivity index (χ2v) is 7.79. The van der Waals surface area contributed by atoms with E-state index in [9.17, 15) is 26.4 Å². The molecule has 12 heteroatoms. The van der Waals surface area contributed by atoms with E-state index in [1.54, 1.807) is 31.2 Å². The summed E-state index contributed by atoms with van der Waals surface area (Å²) in [5.41, 5.74) is -4.89. The van der Waals surface area contributed by atoms with Gasteiger partial charge in [-0.2, -0.15) is 18.3 Å². The van der Waals surface area contributed by atoms with Crippen molar-refractivity contribution in [2.24, 2.45) is 0 Å². The molecule has 0 bridgehead atoms. The van der Waals surface area contributed by atoms with Crippen LogP contribution in [0.15, 0.2) is 60.3 Å². The first-order chi connectivity index (χ1) is 13.6. The average Bonchev–Trinajstić information content (AvgIpc) is 3.22. The number of pyridine rings is 1. The van der Waals surface area contributed by atoms with Crippen molar-refractivity contribution < 1.29 is 26.4 Å². The number of halogens is 3. The third-order valence-corrected chi connectivity index (χ3v) is 5.44. The molecular formula is C17H14F3N5O3S. The van der Waals surface area contributed by atoms with Crippen molar-refractivity contribution in [3.63, 3.8) is 0 Å². The zero-order chi connectivity index (χ0) is 21.2. The third kappa shape index (κ3) is 4.11. The van der Waals surface area contributed by atoms with Crippen LogP contribution >= 0.6 is 0 Å². The highest BCUT2D eigenvalue weighted by atomic mass is 32.2. The summed E-state index contributed by atoms with van der Waals surface area (Å²) in [6.45, 7) is 1.61. The molecular weight excluding hydrogens is 411 g/mol. The Kier molecular flexibility index (Phi) is 5.38. The molecule has 29 heavy (non-hydrogen) atoms. The maximum Gasteiger partial charge on any atom is 0.503 e. The molecule has 0 spiro atoms. The second kappa shape index (κ2) is 7.62. The minimum Gasteiger partial charge on any atom is -0.345 e. The molecule has 3 aromatic rings. The summed E-state index contributed by atoms with van der Waals surface area (Å²) in [5.74, 6) is -0.992. The van der Waals surface area contributed by atoms with Crippen LogP contribution in [0.5, 0.6) is 0 Å². The lowest BCUT2D eigenvalue weighted by Crippen LogP contribution is -2.31. The zero-order valence-electron chi connectivity index (χ0n) is 14.8. The Morgan fingerprint density at radius 1 is 1.17 bits per heavy atom. The van der Waals surface area contributed by atoms with E-state index < -0.39 is 37.9 Å². The van der Waals surface area contributed by atoms with Gasteiger partial charge in [0, 0.05) is 6.20 Å². The molecule has 1 N–H and O–H groups in total. The summed E-state index contributed by atoms with van der Waals surface area (Å²) in [6, 6.07) is 8.36. The van der Waals surface area contributed by atoms with Gasteiger partial charge in [-0.25, -0.2) is 23.1 Å². The molecule has 0 aliphatic rings. The Balaban J connectivity index is 1.82. The highest BCUT2D eigenvalue weighted by Gasteiger charge is 2.49. The van der Waals surface area contributed by atoms with Gasteiger partial charge in [-0.15, -0.1) is 0 Å². The van der Waals surface area contributed by atoms with Crippen molar-refractivity contribution in [3.8, 4) is 5.69 Å². The Bertz CT molecular complexity index is 1110. The normalized spacial score (nSPS) is 13.1. The van der Waals surface area contributed by atoms with Crippen molar-refractivity contribution >= 4 is 15.7 Å². The van der Waals surface area contributed by atoms with Gasteiger partial charge in [0.15, 0.2) is 5.03 Å². The van der Waals surface area contributed by atoms with Gasteiger partial charge in [0.2, 0.25) is 0 Å². The fraction of sp³-hybridized carbons (Fsp3) is 0.176. The van der Waals surface area contributed by atoms with E-state index in [0.29, 0.717) is 5.56 Å². The third-order valence-electron chi connectivity index (χ3n) is 4.00. The Morgan fingerprint density at radius 3 is 2.45 bits per heavy atom. The molecule has 8 nitrogen and oxygen atoms in total. The standard InChI is InChI=1S/C17H14F3N5O3S/c1-11(12-4-6-13(7-5-12)25-10-21-9-23-25)24-15(26)14-3-2-8-22-16(14)29(27,28)17(18,19)20/h2-11H,1H3,(H,24,26). The molecule has 0 fully saturated rings. The summed E-state index contributed by atoms with van der Waals surface area (Å²) < 4.78 is 63.6. The van der Waals surface area contributed by atoms with Gasteiger partial charge in [-0.1, -0.05) is 12.1 Å². The topological polar surface area (TPSA) is 107 Å². The van der Waals surface area contributed by atoms with Crippen LogP contribution in [0, 0.1) is 0 Å². The van der Waals surface area contributed by atoms with E-state index in [4.69, 9.17) is 0 Å². The number of benzene rings is 1. The number of nitrogens with one attached hydrogen (secondary N) is 1. The number of alkyl halides is 3. The number of aromatic nitrogens is 4. The minimum atomic E-state index is -5.77. The van der Waals surface area contributed by atoms with Crippen molar-refractivity contribution in [2.45, 2.75) is 23.5 Å². The number of hydrogen-bond donors (Lipinski definition) is 1. The van der Waals surface area contributed by atoms with Crippen molar-refractivity contribution in [1.29, 1.82) is 0 Å². The Morgan fingerprint density at radius 2 is 1.86 bits per heavy atom. The summed E-state index contributed by atoms with van der Waals surface area (Å²) in [4.78, 5) is 19.6. The molecule has 2 heterocycles. The lowest BCUT2D eigenvalue weighted by molar-refractivity contribution is -0.0438. The van der Waals surface area contributed by atoms with Gasteiger partial charge >= 0.3 is 5.51 Å². The number of carbonyl (C=O) groups excluding carboxylic acids is 1. The first-order valence-electron chi connectivity index (χ1n) is 8.13. The highest BCUT2D eigenvalue weighted by molar-refractivity contribution is 7.92. The van der Waals surface area contributed by atoms with Crippen LogP contribution in [-0.2, 0) is 9.84 Å². The first kappa shape index (κ1) is 20.5. The number of amides is 1. The average molecular weight is 425 g/mol. The number of sulfone groups is 1. The van der Waals surface area contributed by atoms with Crippen LogP contribution in [0.1, 0.15) is 28.9 Å². The predicted octanol–water partition coefficient (Wildman–Crippen LogP) is 2.45. The van der Waals surface area contributed by atoms with Crippen LogP contribution in [0.2, 0.25) is 0 Å². The van der Waals surface area contributed by atoms with E-state index in [-0.39, 0.29) is 0 Å². The molecule has 0 saturated carbocycles. The van der Waals surface area contributed by atoms with E-state index in [1.807, 2.05) is 0 Å². The molecule has 0 aliphatic carbocycles. The molecule has 1 aromatic carbocycles.